The Morgan fingerprint density at radius 1 is 1.57 bits per heavy atom. The van der Waals surface area contributed by atoms with Crippen LogP contribution in [-0.2, 0) is 9.53 Å². The first kappa shape index (κ1) is 10.4. The molecule has 0 fully saturated rings. The zero-order valence-electron chi connectivity index (χ0n) is 8.23. The maximum absolute atomic E-state index is 11.0. The molecule has 0 aliphatic heterocycles. The molecule has 1 aromatic heterocycles. The number of nitrogens with zero attached hydrogens (tertiary/aromatic N) is 2. The summed E-state index contributed by atoms with van der Waals surface area (Å²) in [5.74, 6) is 0.0383. The molecule has 1 rings (SSSR count). The second-order valence-corrected chi connectivity index (χ2v) is 3.06. The number of ether oxygens (including phenoxy) is 1. The largest absolute Gasteiger partial charge is 0.469 e. The Hall–Kier alpha value is -1.65. The van der Waals surface area contributed by atoms with E-state index in [2.05, 4.69) is 14.7 Å². The minimum atomic E-state index is -0.241. The number of nitrogens with two attached hydrogens (primary N) is 1. The normalized spacial score (nSPS) is 12.1. The predicted octanol–water partition coefficient (Wildman–Crippen LogP) is 0.725. The number of carbonyl (C=O) groups excluding carboxylic acids is 1. The lowest BCUT2D eigenvalue weighted by Gasteiger charge is -2.08. The number of rotatable bonds is 3. The smallest absolute Gasteiger partial charge is 0.306 e. The van der Waals surface area contributed by atoms with Gasteiger partial charge < -0.3 is 10.5 Å². The molecule has 5 heteroatoms. The van der Waals surface area contributed by atoms with Gasteiger partial charge in [0.15, 0.2) is 0 Å². The Morgan fingerprint density at radius 3 is 2.64 bits per heavy atom. The van der Waals surface area contributed by atoms with Crippen molar-refractivity contribution in [2.75, 3.05) is 12.8 Å². The molecular weight excluding hydrogens is 182 g/mol. The van der Waals surface area contributed by atoms with Crippen LogP contribution in [0.15, 0.2) is 12.4 Å². The second-order valence-electron chi connectivity index (χ2n) is 3.06. The fourth-order valence-electron chi connectivity index (χ4n) is 1.05. The van der Waals surface area contributed by atoms with E-state index in [9.17, 15) is 4.79 Å². The van der Waals surface area contributed by atoms with Crippen molar-refractivity contribution in [2.45, 2.75) is 19.3 Å². The van der Waals surface area contributed by atoms with Crippen LogP contribution in [0.5, 0.6) is 0 Å². The van der Waals surface area contributed by atoms with E-state index < -0.39 is 0 Å². The molecule has 14 heavy (non-hydrogen) atoms. The lowest BCUT2D eigenvalue weighted by atomic mass is 10.0. The number of anilines is 1. The molecule has 0 aliphatic rings. The number of esters is 1. The van der Waals surface area contributed by atoms with Gasteiger partial charge in [0.05, 0.1) is 13.5 Å². The average Bonchev–Trinajstić information content (AvgIpc) is 2.18. The van der Waals surface area contributed by atoms with Crippen molar-refractivity contribution in [1.29, 1.82) is 0 Å². The third-order valence-electron chi connectivity index (χ3n) is 1.96. The van der Waals surface area contributed by atoms with Crippen molar-refractivity contribution in [2.24, 2.45) is 0 Å². The molecule has 1 heterocycles. The number of carbonyl (C=O) groups is 1. The molecule has 0 saturated carbocycles. The Kier molecular flexibility index (Phi) is 3.39. The number of hydrogen-bond donors (Lipinski definition) is 1. The molecule has 5 nitrogen and oxygen atoms in total. The van der Waals surface area contributed by atoms with E-state index in [4.69, 9.17) is 5.73 Å². The first-order chi connectivity index (χ1) is 6.63. The number of nitrogen functional groups attached to an aromatic ring is 1. The Labute approximate surface area is 82.3 Å². The van der Waals surface area contributed by atoms with Gasteiger partial charge in [-0.15, -0.1) is 0 Å². The van der Waals surface area contributed by atoms with Gasteiger partial charge in [0.2, 0.25) is 5.95 Å². The Balaban J connectivity index is 2.65. The van der Waals surface area contributed by atoms with Crippen molar-refractivity contribution in [3.05, 3.63) is 18.0 Å². The summed E-state index contributed by atoms with van der Waals surface area (Å²) in [5, 5.41) is 0. The highest BCUT2D eigenvalue weighted by atomic mass is 16.5. The highest BCUT2D eigenvalue weighted by molar-refractivity contribution is 5.70. The SMILES string of the molecule is COC(=O)C[C@H](C)c1cnc(N)nc1. The zero-order chi connectivity index (χ0) is 10.6. The lowest BCUT2D eigenvalue weighted by Crippen LogP contribution is -2.07. The van der Waals surface area contributed by atoms with E-state index in [1.165, 1.54) is 7.11 Å². The molecule has 1 aromatic rings. The molecule has 0 aliphatic carbocycles. The fourth-order valence-corrected chi connectivity index (χ4v) is 1.05. The van der Waals surface area contributed by atoms with Crippen LogP contribution in [0.4, 0.5) is 5.95 Å². The molecule has 0 saturated heterocycles. The minimum absolute atomic E-state index is 0.0445. The summed E-state index contributed by atoms with van der Waals surface area (Å²) in [4.78, 5) is 18.7. The van der Waals surface area contributed by atoms with Gasteiger partial charge in [0, 0.05) is 12.4 Å². The lowest BCUT2D eigenvalue weighted by molar-refractivity contribution is -0.140. The van der Waals surface area contributed by atoms with E-state index in [1.807, 2.05) is 6.92 Å². The van der Waals surface area contributed by atoms with Crippen molar-refractivity contribution in [3.8, 4) is 0 Å². The molecule has 0 unspecified atom stereocenters. The van der Waals surface area contributed by atoms with Crippen molar-refractivity contribution in [1.82, 2.24) is 9.97 Å². The second kappa shape index (κ2) is 4.55. The third-order valence-corrected chi connectivity index (χ3v) is 1.96. The molecule has 76 valence electrons. The standard InChI is InChI=1S/C9H13N3O2/c1-6(3-8(13)14-2)7-4-11-9(10)12-5-7/h4-6H,3H2,1-2H3,(H2,10,11,12)/t6-/m0/s1. The average molecular weight is 195 g/mol. The molecule has 2 N–H and O–H groups in total. The van der Waals surface area contributed by atoms with Crippen LogP contribution in [0, 0.1) is 0 Å². The van der Waals surface area contributed by atoms with Gasteiger partial charge in [-0.25, -0.2) is 9.97 Å². The maximum Gasteiger partial charge on any atom is 0.306 e. The van der Waals surface area contributed by atoms with E-state index in [0.717, 1.165) is 5.56 Å². The van der Waals surface area contributed by atoms with Crippen LogP contribution in [0.3, 0.4) is 0 Å². The summed E-state index contributed by atoms with van der Waals surface area (Å²) >= 11 is 0. The molecule has 0 aromatic carbocycles. The number of hydrogen-bond acceptors (Lipinski definition) is 5. The summed E-state index contributed by atoms with van der Waals surface area (Å²) in [5.41, 5.74) is 6.22. The summed E-state index contributed by atoms with van der Waals surface area (Å²) in [6.07, 6.45) is 3.57. The van der Waals surface area contributed by atoms with Crippen LogP contribution in [0.1, 0.15) is 24.8 Å². The van der Waals surface area contributed by atoms with Crippen molar-refractivity contribution < 1.29 is 9.53 Å². The van der Waals surface area contributed by atoms with Gasteiger partial charge in [0.25, 0.3) is 0 Å². The number of methoxy groups -OCH3 is 1. The predicted molar refractivity (Wildman–Crippen MR) is 51.5 cm³/mol. The van der Waals surface area contributed by atoms with Gasteiger partial charge in [-0.05, 0) is 11.5 Å². The Bertz CT molecular complexity index is 310. The molecular formula is C9H13N3O2. The Morgan fingerprint density at radius 2 is 2.14 bits per heavy atom. The van der Waals surface area contributed by atoms with Crippen molar-refractivity contribution >= 4 is 11.9 Å². The third kappa shape index (κ3) is 2.69. The molecule has 0 amide bonds. The van der Waals surface area contributed by atoms with Crippen LogP contribution >= 0.6 is 0 Å². The van der Waals surface area contributed by atoms with Gasteiger partial charge in [-0.3, -0.25) is 4.79 Å². The van der Waals surface area contributed by atoms with Gasteiger partial charge in [0.1, 0.15) is 0 Å². The van der Waals surface area contributed by atoms with Crippen LogP contribution < -0.4 is 5.73 Å². The first-order valence-electron chi connectivity index (χ1n) is 4.27. The van der Waals surface area contributed by atoms with Gasteiger partial charge in [-0.1, -0.05) is 6.92 Å². The monoisotopic (exact) mass is 195 g/mol. The summed E-state index contributed by atoms with van der Waals surface area (Å²) in [6.45, 7) is 1.91. The minimum Gasteiger partial charge on any atom is -0.469 e. The topological polar surface area (TPSA) is 78.1 Å². The first-order valence-corrected chi connectivity index (χ1v) is 4.27. The van der Waals surface area contributed by atoms with Gasteiger partial charge in [-0.2, -0.15) is 0 Å². The number of aromatic nitrogens is 2. The van der Waals surface area contributed by atoms with E-state index in [-0.39, 0.29) is 17.8 Å². The van der Waals surface area contributed by atoms with E-state index in [0.29, 0.717) is 6.42 Å². The van der Waals surface area contributed by atoms with E-state index >= 15 is 0 Å². The summed E-state index contributed by atoms with van der Waals surface area (Å²) in [7, 11) is 1.37. The van der Waals surface area contributed by atoms with Crippen molar-refractivity contribution in [3.63, 3.8) is 0 Å². The van der Waals surface area contributed by atoms with Crippen LogP contribution in [0.25, 0.3) is 0 Å². The highest BCUT2D eigenvalue weighted by Crippen LogP contribution is 2.17. The summed E-state index contributed by atoms with van der Waals surface area (Å²) < 4.78 is 4.56. The maximum atomic E-state index is 11.0. The molecule has 0 bridgehead atoms. The molecule has 0 radical (unpaired) electrons. The zero-order valence-corrected chi connectivity index (χ0v) is 8.23. The summed E-state index contributed by atoms with van der Waals surface area (Å²) in [6, 6.07) is 0. The quantitative estimate of drug-likeness (QED) is 0.719. The van der Waals surface area contributed by atoms with Crippen LogP contribution in [0.2, 0.25) is 0 Å². The van der Waals surface area contributed by atoms with Crippen LogP contribution in [-0.4, -0.2) is 23.0 Å². The fraction of sp³-hybridized carbons (Fsp3) is 0.444. The highest BCUT2D eigenvalue weighted by Gasteiger charge is 2.11. The molecule has 1 atom stereocenters. The molecule has 0 spiro atoms. The van der Waals surface area contributed by atoms with E-state index in [1.54, 1.807) is 12.4 Å². The van der Waals surface area contributed by atoms with Gasteiger partial charge >= 0.3 is 5.97 Å².